The van der Waals surface area contributed by atoms with Crippen molar-refractivity contribution in [3.8, 4) is 0 Å². The van der Waals surface area contributed by atoms with Crippen molar-refractivity contribution < 1.29 is 4.92 Å². The van der Waals surface area contributed by atoms with Crippen molar-refractivity contribution in [2.24, 2.45) is 0 Å². The molecule has 1 N–H and O–H groups in total. The summed E-state index contributed by atoms with van der Waals surface area (Å²) in [6, 6.07) is 8.46. The highest BCUT2D eigenvalue weighted by molar-refractivity contribution is 6.32. The molecule has 0 bridgehead atoms. The van der Waals surface area contributed by atoms with Gasteiger partial charge in [0.2, 0.25) is 0 Å². The van der Waals surface area contributed by atoms with Crippen LogP contribution in [0.4, 0.5) is 11.4 Å². The second-order valence-electron chi connectivity index (χ2n) is 4.07. The first-order valence-electron chi connectivity index (χ1n) is 5.68. The van der Waals surface area contributed by atoms with Gasteiger partial charge >= 0.3 is 0 Å². The zero-order valence-electron chi connectivity index (χ0n) is 10.2. The fourth-order valence-corrected chi connectivity index (χ4v) is 1.91. The Kier molecular flexibility index (Phi) is 3.97. The van der Waals surface area contributed by atoms with Gasteiger partial charge in [-0.25, -0.2) is 0 Å². The molecule has 1 unspecified atom stereocenters. The largest absolute Gasteiger partial charge is 0.378 e. The van der Waals surface area contributed by atoms with E-state index in [1.54, 1.807) is 18.5 Å². The van der Waals surface area contributed by atoms with Crippen LogP contribution in [-0.4, -0.2) is 9.91 Å². The molecular weight excluding hydrogens is 266 g/mol. The van der Waals surface area contributed by atoms with Gasteiger partial charge in [0.1, 0.15) is 5.02 Å². The molecular formula is C13H12ClN3O2. The molecule has 0 fully saturated rings. The van der Waals surface area contributed by atoms with E-state index in [-0.39, 0.29) is 16.8 Å². The Balaban J connectivity index is 2.20. The molecule has 19 heavy (non-hydrogen) atoms. The van der Waals surface area contributed by atoms with Crippen LogP contribution in [0.3, 0.4) is 0 Å². The molecule has 6 heteroatoms. The molecule has 0 aliphatic carbocycles. The normalized spacial score (nSPS) is 11.9. The zero-order valence-corrected chi connectivity index (χ0v) is 11.0. The molecule has 0 saturated carbocycles. The average molecular weight is 278 g/mol. The minimum absolute atomic E-state index is 0.0174. The third kappa shape index (κ3) is 3.20. The van der Waals surface area contributed by atoms with Crippen LogP contribution in [0.2, 0.25) is 5.02 Å². The number of nitrogens with one attached hydrogen (secondary N) is 1. The summed E-state index contributed by atoms with van der Waals surface area (Å²) < 4.78 is 0. The number of aromatic nitrogens is 1. The molecule has 1 aromatic heterocycles. The predicted molar refractivity (Wildman–Crippen MR) is 74.4 cm³/mol. The Morgan fingerprint density at radius 2 is 2.00 bits per heavy atom. The summed E-state index contributed by atoms with van der Waals surface area (Å²) in [7, 11) is 0. The molecule has 0 spiro atoms. The number of nitro groups is 1. The number of anilines is 1. The molecule has 1 heterocycles. The fourth-order valence-electron chi connectivity index (χ4n) is 1.73. The first-order chi connectivity index (χ1) is 9.08. The number of nitro benzene ring substituents is 1. The van der Waals surface area contributed by atoms with E-state index in [2.05, 4.69) is 10.3 Å². The molecule has 2 aromatic rings. The maximum Gasteiger partial charge on any atom is 0.289 e. The third-order valence-electron chi connectivity index (χ3n) is 2.73. The van der Waals surface area contributed by atoms with Crippen LogP contribution in [0.1, 0.15) is 18.5 Å². The van der Waals surface area contributed by atoms with Crippen molar-refractivity contribution in [2.45, 2.75) is 13.0 Å². The zero-order chi connectivity index (χ0) is 13.8. The number of hydrogen-bond donors (Lipinski definition) is 1. The number of hydrogen-bond acceptors (Lipinski definition) is 4. The molecule has 0 saturated heterocycles. The first kappa shape index (κ1) is 13.3. The summed E-state index contributed by atoms with van der Waals surface area (Å²) in [6.45, 7) is 1.97. The summed E-state index contributed by atoms with van der Waals surface area (Å²) >= 11 is 5.77. The fraction of sp³-hybridized carbons (Fsp3) is 0.154. The Labute approximate surface area is 115 Å². The van der Waals surface area contributed by atoms with Gasteiger partial charge in [-0.05, 0) is 36.8 Å². The summed E-state index contributed by atoms with van der Waals surface area (Å²) in [4.78, 5) is 14.3. The smallest absolute Gasteiger partial charge is 0.289 e. The van der Waals surface area contributed by atoms with Crippen molar-refractivity contribution in [1.29, 1.82) is 0 Å². The standard InChI is InChI=1S/C13H12ClN3O2/c1-9(10-4-6-15-7-5-10)16-11-2-3-12(14)13(8-11)17(18)19/h2-9,16H,1H3. The van der Waals surface area contributed by atoms with Gasteiger partial charge in [-0.3, -0.25) is 15.1 Å². The Morgan fingerprint density at radius 1 is 1.32 bits per heavy atom. The monoisotopic (exact) mass is 277 g/mol. The lowest BCUT2D eigenvalue weighted by Gasteiger charge is -2.15. The molecule has 1 atom stereocenters. The van der Waals surface area contributed by atoms with Gasteiger partial charge < -0.3 is 5.32 Å². The van der Waals surface area contributed by atoms with Crippen LogP contribution in [0.5, 0.6) is 0 Å². The predicted octanol–water partition coefficient (Wildman–Crippen LogP) is 3.82. The molecule has 5 nitrogen and oxygen atoms in total. The highest BCUT2D eigenvalue weighted by Gasteiger charge is 2.14. The van der Waals surface area contributed by atoms with Crippen LogP contribution in [0.15, 0.2) is 42.7 Å². The van der Waals surface area contributed by atoms with E-state index in [0.717, 1.165) is 5.56 Å². The lowest BCUT2D eigenvalue weighted by molar-refractivity contribution is -0.384. The SMILES string of the molecule is CC(Nc1ccc(Cl)c([N+](=O)[O-])c1)c1ccncc1. The van der Waals surface area contributed by atoms with E-state index in [4.69, 9.17) is 11.6 Å². The maximum absolute atomic E-state index is 10.8. The van der Waals surface area contributed by atoms with E-state index in [0.29, 0.717) is 5.69 Å². The van der Waals surface area contributed by atoms with Crippen molar-refractivity contribution in [2.75, 3.05) is 5.32 Å². The second-order valence-corrected chi connectivity index (χ2v) is 4.48. The van der Waals surface area contributed by atoms with Gasteiger partial charge in [-0.15, -0.1) is 0 Å². The molecule has 0 aliphatic heterocycles. The molecule has 0 amide bonds. The van der Waals surface area contributed by atoms with E-state index >= 15 is 0 Å². The minimum Gasteiger partial charge on any atom is -0.378 e. The molecule has 1 aromatic carbocycles. The second kappa shape index (κ2) is 5.67. The van der Waals surface area contributed by atoms with Gasteiger partial charge in [0.05, 0.1) is 4.92 Å². The minimum atomic E-state index is -0.495. The highest BCUT2D eigenvalue weighted by Crippen LogP contribution is 2.29. The Hall–Kier alpha value is -2.14. The summed E-state index contributed by atoms with van der Waals surface area (Å²) in [6.07, 6.45) is 3.41. The van der Waals surface area contributed by atoms with Gasteiger partial charge in [0, 0.05) is 30.2 Å². The van der Waals surface area contributed by atoms with Crippen molar-refractivity contribution in [3.05, 3.63) is 63.4 Å². The van der Waals surface area contributed by atoms with Crippen LogP contribution in [0, 0.1) is 10.1 Å². The molecule has 0 radical (unpaired) electrons. The van der Waals surface area contributed by atoms with E-state index < -0.39 is 4.92 Å². The lowest BCUT2D eigenvalue weighted by atomic mass is 10.1. The molecule has 0 aliphatic rings. The van der Waals surface area contributed by atoms with Gasteiger partial charge in [-0.2, -0.15) is 0 Å². The average Bonchev–Trinajstić information content (AvgIpc) is 2.41. The van der Waals surface area contributed by atoms with Gasteiger partial charge in [-0.1, -0.05) is 11.6 Å². The lowest BCUT2D eigenvalue weighted by Crippen LogP contribution is -2.06. The number of benzene rings is 1. The quantitative estimate of drug-likeness (QED) is 0.681. The number of rotatable bonds is 4. The van der Waals surface area contributed by atoms with Crippen LogP contribution >= 0.6 is 11.6 Å². The third-order valence-corrected chi connectivity index (χ3v) is 3.05. The molecule has 2 rings (SSSR count). The van der Waals surface area contributed by atoms with Gasteiger partial charge in [0.25, 0.3) is 5.69 Å². The summed E-state index contributed by atoms with van der Waals surface area (Å²) in [5.41, 5.74) is 1.60. The number of nitrogens with zero attached hydrogens (tertiary/aromatic N) is 2. The van der Waals surface area contributed by atoms with Gasteiger partial charge in [0.15, 0.2) is 0 Å². The van der Waals surface area contributed by atoms with Crippen molar-refractivity contribution in [1.82, 2.24) is 4.98 Å². The van der Waals surface area contributed by atoms with E-state index in [1.165, 1.54) is 12.1 Å². The van der Waals surface area contributed by atoms with Crippen LogP contribution < -0.4 is 5.32 Å². The van der Waals surface area contributed by atoms with Crippen molar-refractivity contribution >= 4 is 23.0 Å². The topological polar surface area (TPSA) is 68.1 Å². The first-order valence-corrected chi connectivity index (χ1v) is 6.06. The Bertz CT molecular complexity index is 590. The Morgan fingerprint density at radius 3 is 2.63 bits per heavy atom. The van der Waals surface area contributed by atoms with E-state index in [9.17, 15) is 10.1 Å². The van der Waals surface area contributed by atoms with Crippen LogP contribution in [-0.2, 0) is 0 Å². The summed E-state index contributed by atoms with van der Waals surface area (Å²) in [5, 5.41) is 14.1. The van der Waals surface area contributed by atoms with E-state index in [1.807, 2.05) is 19.1 Å². The maximum atomic E-state index is 10.8. The van der Waals surface area contributed by atoms with Crippen LogP contribution in [0.25, 0.3) is 0 Å². The number of halogens is 1. The molecule has 98 valence electrons. The number of pyridine rings is 1. The van der Waals surface area contributed by atoms with Crippen molar-refractivity contribution in [3.63, 3.8) is 0 Å². The highest BCUT2D eigenvalue weighted by atomic mass is 35.5. The summed E-state index contributed by atoms with van der Waals surface area (Å²) in [5.74, 6) is 0.